The molecule has 5 nitrogen and oxygen atoms in total. The van der Waals surface area contributed by atoms with Crippen LogP contribution < -0.4 is 16.3 Å². The van der Waals surface area contributed by atoms with Crippen LogP contribution in [-0.4, -0.2) is 44.5 Å². The Kier molecular flexibility index (Phi) is 3.71. The average Bonchev–Trinajstić information content (AvgIpc) is 2.07. The number of hydrogen-bond acceptors (Lipinski definition) is 4. The lowest BCUT2D eigenvalue weighted by atomic mass is 10.4. The molecule has 64 valence electrons. The van der Waals surface area contributed by atoms with E-state index in [0.29, 0.717) is 0 Å². The molecule has 0 aromatic heterocycles. The van der Waals surface area contributed by atoms with Gasteiger partial charge in [-0.15, -0.1) is 0 Å². The monoisotopic (exact) mass is 157 g/mol. The summed E-state index contributed by atoms with van der Waals surface area (Å²) in [5, 5.41) is 7.19. The normalized spacial score (nSPS) is 19.2. The fourth-order valence-electron chi connectivity index (χ4n) is 0.973. The van der Waals surface area contributed by atoms with Crippen LogP contribution >= 0.6 is 0 Å². The Bertz CT molecular complexity index is 118. The molecular formula is C6H15N5. The van der Waals surface area contributed by atoms with Crippen molar-refractivity contribution >= 4 is 6.34 Å². The average molecular weight is 157 g/mol. The van der Waals surface area contributed by atoms with Gasteiger partial charge in [-0.3, -0.25) is 0 Å². The van der Waals surface area contributed by atoms with Crippen LogP contribution in [0.15, 0.2) is 5.10 Å². The van der Waals surface area contributed by atoms with Crippen molar-refractivity contribution in [2.24, 2.45) is 5.10 Å². The van der Waals surface area contributed by atoms with Gasteiger partial charge < -0.3 is 10.2 Å². The third kappa shape index (κ3) is 3.20. The minimum Gasteiger partial charge on any atom is -0.359 e. The smallest absolute Gasteiger partial charge is 0.112 e. The number of hydrazine groups is 1. The van der Waals surface area contributed by atoms with Crippen molar-refractivity contribution in [2.75, 3.05) is 33.2 Å². The van der Waals surface area contributed by atoms with Gasteiger partial charge in [0, 0.05) is 33.2 Å². The van der Waals surface area contributed by atoms with Gasteiger partial charge in [0.25, 0.3) is 0 Å². The lowest BCUT2D eigenvalue weighted by Crippen LogP contribution is -2.43. The molecule has 3 N–H and O–H groups in total. The molecule has 0 aliphatic carbocycles. The van der Waals surface area contributed by atoms with E-state index in [-0.39, 0.29) is 0 Å². The van der Waals surface area contributed by atoms with Crippen molar-refractivity contribution in [1.29, 1.82) is 0 Å². The summed E-state index contributed by atoms with van der Waals surface area (Å²) in [6, 6.07) is 0. The van der Waals surface area contributed by atoms with Crippen molar-refractivity contribution < 1.29 is 0 Å². The molecule has 1 aliphatic rings. The minimum absolute atomic E-state index is 1.04. The van der Waals surface area contributed by atoms with Crippen molar-refractivity contribution in [3.8, 4) is 0 Å². The first-order chi connectivity index (χ1) is 5.43. The number of nitrogens with one attached hydrogen (secondary N) is 3. The molecule has 1 aliphatic heterocycles. The van der Waals surface area contributed by atoms with Crippen LogP contribution in [0.1, 0.15) is 0 Å². The first kappa shape index (κ1) is 8.29. The van der Waals surface area contributed by atoms with Crippen LogP contribution in [0.5, 0.6) is 0 Å². The second-order valence-electron chi connectivity index (χ2n) is 2.39. The Hall–Kier alpha value is -0.810. The summed E-state index contributed by atoms with van der Waals surface area (Å²) in [7, 11) is 1.79. The standard InChI is InChI=1S/C6H15N5/c1-7-10-9-6-11-4-2-8-3-5-11/h6-8,10H,2-5H2,1H3. The molecule has 0 aromatic carbocycles. The Balaban J connectivity index is 2.13. The van der Waals surface area contributed by atoms with E-state index < -0.39 is 0 Å². The van der Waals surface area contributed by atoms with Crippen LogP contribution in [0.25, 0.3) is 0 Å². The molecular weight excluding hydrogens is 142 g/mol. The van der Waals surface area contributed by atoms with Gasteiger partial charge in [-0.05, 0) is 0 Å². The molecule has 1 fully saturated rings. The summed E-state index contributed by atoms with van der Waals surface area (Å²) >= 11 is 0. The quantitative estimate of drug-likeness (QED) is 0.267. The van der Waals surface area contributed by atoms with E-state index in [1.165, 1.54) is 0 Å². The predicted molar refractivity (Wildman–Crippen MR) is 45.1 cm³/mol. The first-order valence-corrected chi connectivity index (χ1v) is 3.83. The van der Waals surface area contributed by atoms with E-state index in [4.69, 9.17) is 0 Å². The summed E-state index contributed by atoms with van der Waals surface area (Å²) in [6.45, 7) is 4.17. The molecule has 11 heavy (non-hydrogen) atoms. The largest absolute Gasteiger partial charge is 0.359 e. The Morgan fingerprint density at radius 2 is 2.18 bits per heavy atom. The molecule has 0 amide bonds. The fraction of sp³-hybridized carbons (Fsp3) is 0.833. The SMILES string of the molecule is CNNN=CN1CCNCC1. The van der Waals surface area contributed by atoms with Crippen molar-refractivity contribution in [2.45, 2.75) is 0 Å². The Labute approximate surface area is 66.8 Å². The maximum atomic E-state index is 3.93. The number of hydrazone groups is 1. The molecule has 0 saturated carbocycles. The zero-order valence-corrected chi connectivity index (χ0v) is 6.80. The lowest BCUT2D eigenvalue weighted by molar-refractivity contribution is 0.363. The van der Waals surface area contributed by atoms with Crippen LogP contribution in [-0.2, 0) is 0 Å². The molecule has 0 aromatic rings. The predicted octanol–water partition coefficient (Wildman–Crippen LogP) is -1.44. The van der Waals surface area contributed by atoms with Crippen LogP contribution in [0.4, 0.5) is 0 Å². The zero-order chi connectivity index (χ0) is 7.94. The van der Waals surface area contributed by atoms with E-state index in [1.54, 1.807) is 7.05 Å². The maximum Gasteiger partial charge on any atom is 0.112 e. The van der Waals surface area contributed by atoms with Crippen LogP contribution in [0.3, 0.4) is 0 Å². The number of piperazine rings is 1. The maximum absolute atomic E-state index is 3.93. The molecule has 1 heterocycles. The van der Waals surface area contributed by atoms with Gasteiger partial charge in [-0.1, -0.05) is 0 Å². The molecule has 1 saturated heterocycles. The highest BCUT2D eigenvalue weighted by Gasteiger charge is 2.03. The Morgan fingerprint density at radius 1 is 1.45 bits per heavy atom. The summed E-state index contributed by atoms with van der Waals surface area (Å²) in [5.41, 5.74) is 5.37. The minimum atomic E-state index is 1.04. The molecule has 0 spiro atoms. The fourth-order valence-corrected chi connectivity index (χ4v) is 0.973. The van der Waals surface area contributed by atoms with Crippen LogP contribution in [0, 0.1) is 0 Å². The molecule has 5 heteroatoms. The second-order valence-corrected chi connectivity index (χ2v) is 2.39. The Morgan fingerprint density at radius 3 is 2.82 bits per heavy atom. The summed E-state index contributed by atoms with van der Waals surface area (Å²) in [5.74, 6) is 0. The van der Waals surface area contributed by atoms with E-state index in [9.17, 15) is 0 Å². The highest BCUT2D eigenvalue weighted by atomic mass is 15.6. The van der Waals surface area contributed by atoms with Gasteiger partial charge >= 0.3 is 0 Å². The molecule has 0 unspecified atom stereocenters. The van der Waals surface area contributed by atoms with Gasteiger partial charge in [-0.2, -0.15) is 5.10 Å². The molecule has 0 atom stereocenters. The lowest BCUT2D eigenvalue weighted by Gasteiger charge is -2.24. The van der Waals surface area contributed by atoms with Gasteiger partial charge in [0.15, 0.2) is 0 Å². The van der Waals surface area contributed by atoms with Gasteiger partial charge in [0.05, 0.1) is 0 Å². The molecule has 0 radical (unpaired) electrons. The van der Waals surface area contributed by atoms with E-state index in [0.717, 1.165) is 26.2 Å². The third-order valence-corrected chi connectivity index (χ3v) is 1.55. The van der Waals surface area contributed by atoms with Gasteiger partial charge in [0.1, 0.15) is 6.34 Å². The number of rotatable bonds is 3. The van der Waals surface area contributed by atoms with Gasteiger partial charge in [-0.25, -0.2) is 11.0 Å². The van der Waals surface area contributed by atoms with E-state index >= 15 is 0 Å². The van der Waals surface area contributed by atoms with Crippen LogP contribution in [0.2, 0.25) is 0 Å². The highest BCUT2D eigenvalue weighted by molar-refractivity contribution is 5.54. The topological polar surface area (TPSA) is 51.7 Å². The van der Waals surface area contributed by atoms with Gasteiger partial charge in [0.2, 0.25) is 0 Å². The zero-order valence-electron chi connectivity index (χ0n) is 6.80. The second kappa shape index (κ2) is 4.92. The summed E-state index contributed by atoms with van der Waals surface area (Å²) < 4.78 is 0. The number of hydrogen-bond donors (Lipinski definition) is 3. The van der Waals surface area contributed by atoms with Crippen molar-refractivity contribution in [3.05, 3.63) is 0 Å². The van der Waals surface area contributed by atoms with Crippen molar-refractivity contribution in [1.82, 2.24) is 21.2 Å². The number of nitrogens with zero attached hydrogens (tertiary/aromatic N) is 2. The molecule has 0 bridgehead atoms. The van der Waals surface area contributed by atoms with Crippen molar-refractivity contribution in [3.63, 3.8) is 0 Å². The summed E-state index contributed by atoms with van der Waals surface area (Å²) in [6.07, 6.45) is 1.82. The molecule has 1 rings (SSSR count). The van der Waals surface area contributed by atoms with E-state index in [1.807, 2.05) is 6.34 Å². The highest BCUT2D eigenvalue weighted by Crippen LogP contribution is 1.85. The summed E-state index contributed by atoms with van der Waals surface area (Å²) in [4.78, 5) is 2.17. The third-order valence-electron chi connectivity index (χ3n) is 1.55. The van der Waals surface area contributed by atoms with E-state index in [2.05, 4.69) is 26.3 Å². The first-order valence-electron chi connectivity index (χ1n) is 3.83.